The molecule has 0 spiro atoms. The van der Waals surface area contributed by atoms with Gasteiger partial charge in [0.15, 0.2) is 0 Å². The second kappa shape index (κ2) is 6.62. The van der Waals surface area contributed by atoms with Crippen molar-refractivity contribution in [2.45, 2.75) is 25.8 Å². The minimum absolute atomic E-state index is 0.0550. The Hall–Kier alpha value is -2.02. The second-order valence-corrected chi connectivity index (χ2v) is 5.46. The molecule has 1 aliphatic heterocycles. The molecule has 1 unspecified atom stereocenters. The van der Waals surface area contributed by atoms with Gasteiger partial charge in [-0.25, -0.2) is 0 Å². The zero-order valence-electron chi connectivity index (χ0n) is 11.8. The predicted octanol–water partition coefficient (Wildman–Crippen LogP) is 0.456. The Bertz CT molecular complexity index is 553. The van der Waals surface area contributed by atoms with E-state index in [0.717, 1.165) is 25.9 Å². The fourth-order valence-corrected chi connectivity index (χ4v) is 2.34. The van der Waals surface area contributed by atoms with Crippen LogP contribution in [0.1, 0.15) is 35.8 Å². The Kier molecular flexibility index (Phi) is 4.85. The molecule has 6 nitrogen and oxygen atoms in total. The molecule has 0 aliphatic carbocycles. The number of rotatable bonds is 4. The van der Waals surface area contributed by atoms with Gasteiger partial charge in [0.2, 0.25) is 5.91 Å². The molecule has 1 atom stereocenters. The molecule has 7 heteroatoms. The van der Waals surface area contributed by atoms with Crippen LogP contribution in [0.5, 0.6) is 0 Å². The third-order valence-electron chi connectivity index (χ3n) is 3.42. The summed E-state index contributed by atoms with van der Waals surface area (Å²) in [5.74, 6) is -0.440. The Labute approximate surface area is 128 Å². The average molecular weight is 306 g/mol. The molecule has 1 aromatic heterocycles. The third kappa shape index (κ3) is 3.75. The van der Waals surface area contributed by atoms with Crippen LogP contribution >= 0.6 is 12.2 Å². The maximum Gasteiger partial charge on any atom is 0.270 e. The van der Waals surface area contributed by atoms with Crippen molar-refractivity contribution in [1.82, 2.24) is 15.2 Å². The molecule has 3 N–H and O–H groups in total. The number of carbonyl (C=O) groups is 2. The van der Waals surface area contributed by atoms with Crippen molar-refractivity contribution < 1.29 is 9.59 Å². The first kappa shape index (κ1) is 15.4. The van der Waals surface area contributed by atoms with Crippen molar-refractivity contribution in [2.24, 2.45) is 5.73 Å². The molecule has 2 rings (SSSR count). The number of hydrogen-bond donors (Lipinski definition) is 2. The molecule has 2 amide bonds. The molecule has 1 aromatic rings. The molecule has 112 valence electrons. The van der Waals surface area contributed by atoms with Gasteiger partial charge in [-0.2, -0.15) is 0 Å². The molecular weight excluding hydrogens is 288 g/mol. The number of thiocarbonyl (C=S) groups is 1. The first-order chi connectivity index (χ1) is 9.99. The fraction of sp³-hybridized carbons (Fsp3) is 0.429. The van der Waals surface area contributed by atoms with E-state index in [0.29, 0.717) is 5.56 Å². The summed E-state index contributed by atoms with van der Waals surface area (Å²) in [7, 11) is 0. The van der Waals surface area contributed by atoms with Gasteiger partial charge in [-0.3, -0.25) is 14.6 Å². The summed E-state index contributed by atoms with van der Waals surface area (Å²) in [6.07, 6.45) is 3.49. The van der Waals surface area contributed by atoms with Crippen LogP contribution in [0.25, 0.3) is 0 Å². The first-order valence-electron chi connectivity index (χ1n) is 6.84. The molecule has 0 aromatic carbocycles. The zero-order valence-corrected chi connectivity index (χ0v) is 12.7. The van der Waals surface area contributed by atoms with E-state index in [2.05, 4.69) is 10.3 Å². The van der Waals surface area contributed by atoms with Crippen molar-refractivity contribution in [3.8, 4) is 0 Å². The van der Waals surface area contributed by atoms with Gasteiger partial charge in [0.05, 0.1) is 0 Å². The first-order valence-corrected chi connectivity index (χ1v) is 7.25. The fourth-order valence-electron chi connectivity index (χ4n) is 2.22. The summed E-state index contributed by atoms with van der Waals surface area (Å²) in [5.41, 5.74) is 6.30. The minimum Gasteiger partial charge on any atom is -0.389 e. The highest BCUT2D eigenvalue weighted by Crippen LogP contribution is 2.09. The van der Waals surface area contributed by atoms with E-state index in [9.17, 15) is 9.59 Å². The number of carbonyl (C=O) groups excluding carboxylic acids is 2. The van der Waals surface area contributed by atoms with Crippen LogP contribution in [-0.2, 0) is 4.79 Å². The SMILES string of the molecule is CC(NC(=O)c1ccc(C(N)=S)cn1)C(=O)N1CCCC1. The number of nitrogens with two attached hydrogens (primary N) is 1. The number of nitrogens with zero attached hydrogens (tertiary/aromatic N) is 2. The van der Waals surface area contributed by atoms with E-state index in [4.69, 9.17) is 18.0 Å². The highest BCUT2D eigenvalue weighted by atomic mass is 32.1. The number of pyridine rings is 1. The summed E-state index contributed by atoms with van der Waals surface area (Å²) >= 11 is 4.82. The lowest BCUT2D eigenvalue weighted by atomic mass is 10.2. The highest BCUT2D eigenvalue weighted by Gasteiger charge is 2.24. The lowest BCUT2D eigenvalue weighted by Crippen LogP contribution is -2.46. The maximum absolute atomic E-state index is 12.1. The summed E-state index contributed by atoms with van der Waals surface area (Å²) in [6, 6.07) is 2.61. The average Bonchev–Trinajstić information content (AvgIpc) is 3.00. The molecule has 0 radical (unpaired) electrons. The second-order valence-electron chi connectivity index (χ2n) is 5.02. The molecular formula is C14H18N4O2S. The normalized spacial score (nSPS) is 15.6. The van der Waals surface area contributed by atoms with Crippen LogP contribution in [0.15, 0.2) is 18.3 Å². The van der Waals surface area contributed by atoms with Crippen LogP contribution < -0.4 is 11.1 Å². The summed E-state index contributed by atoms with van der Waals surface area (Å²) in [5, 5.41) is 2.66. The van der Waals surface area contributed by atoms with Gasteiger partial charge in [-0.15, -0.1) is 0 Å². The molecule has 1 aliphatic rings. The molecule has 1 fully saturated rings. The number of likely N-dealkylation sites (tertiary alicyclic amines) is 1. The van der Waals surface area contributed by atoms with Gasteiger partial charge in [0.1, 0.15) is 16.7 Å². The summed E-state index contributed by atoms with van der Waals surface area (Å²) in [4.78, 5) is 30.2. The predicted molar refractivity (Wildman–Crippen MR) is 82.9 cm³/mol. The van der Waals surface area contributed by atoms with Crippen molar-refractivity contribution in [1.29, 1.82) is 0 Å². The van der Waals surface area contributed by atoms with E-state index in [1.54, 1.807) is 17.9 Å². The van der Waals surface area contributed by atoms with Gasteiger partial charge in [0, 0.05) is 24.8 Å². The quantitative estimate of drug-likeness (QED) is 0.789. The van der Waals surface area contributed by atoms with Crippen LogP contribution in [-0.4, -0.2) is 45.8 Å². The van der Waals surface area contributed by atoms with Crippen LogP contribution in [0.3, 0.4) is 0 Å². The molecule has 1 saturated heterocycles. The van der Waals surface area contributed by atoms with Crippen molar-refractivity contribution in [2.75, 3.05) is 13.1 Å². The lowest BCUT2D eigenvalue weighted by molar-refractivity contribution is -0.131. The largest absolute Gasteiger partial charge is 0.389 e. The summed E-state index contributed by atoms with van der Waals surface area (Å²) < 4.78 is 0. The highest BCUT2D eigenvalue weighted by molar-refractivity contribution is 7.80. The molecule has 0 saturated carbocycles. The van der Waals surface area contributed by atoms with Crippen molar-refractivity contribution >= 4 is 29.0 Å². The van der Waals surface area contributed by atoms with E-state index >= 15 is 0 Å². The Morgan fingerprint density at radius 3 is 2.57 bits per heavy atom. The number of hydrogen-bond acceptors (Lipinski definition) is 4. The van der Waals surface area contributed by atoms with Crippen LogP contribution in [0.2, 0.25) is 0 Å². The van der Waals surface area contributed by atoms with Crippen molar-refractivity contribution in [3.05, 3.63) is 29.6 Å². The Balaban J connectivity index is 1.96. The summed E-state index contributed by atoms with van der Waals surface area (Å²) in [6.45, 7) is 3.21. The molecule has 2 heterocycles. The van der Waals surface area contributed by atoms with E-state index in [-0.39, 0.29) is 22.5 Å². The maximum atomic E-state index is 12.1. The Morgan fingerprint density at radius 1 is 1.38 bits per heavy atom. The third-order valence-corrected chi connectivity index (χ3v) is 3.65. The topological polar surface area (TPSA) is 88.3 Å². The van der Waals surface area contributed by atoms with Gasteiger partial charge in [-0.05, 0) is 31.9 Å². The number of nitrogens with one attached hydrogen (secondary N) is 1. The molecule has 0 bridgehead atoms. The lowest BCUT2D eigenvalue weighted by Gasteiger charge is -2.20. The van der Waals surface area contributed by atoms with E-state index < -0.39 is 6.04 Å². The molecule has 21 heavy (non-hydrogen) atoms. The van der Waals surface area contributed by atoms with Gasteiger partial charge >= 0.3 is 0 Å². The standard InChI is InChI=1S/C14H18N4O2S/c1-9(14(20)18-6-2-3-7-18)17-13(19)11-5-4-10(8-16-11)12(15)21/h4-5,8-9H,2-3,6-7H2,1H3,(H2,15,21)(H,17,19). The minimum atomic E-state index is -0.562. The van der Waals surface area contributed by atoms with Crippen LogP contribution in [0.4, 0.5) is 0 Å². The van der Waals surface area contributed by atoms with Crippen LogP contribution in [0, 0.1) is 0 Å². The van der Waals surface area contributed by atoms with E-state index in [1.165, 1.54) is 12.3 Å². The number of aromatic nitrogens is 1. The zero-order chi connectivity index (χ0) is 15.4. The van der Waals surface area contributed by atoms with Gasteiger partial charge < -0.3 is 16.0 Å². The number of amides is 2. The van der Waals surface area contributed by atoms with Gasteiger partial charge in [-0.1, -0.05) is 12.2 Å². The van der Waals surface area contributed by atoms with Crippen molar-refractivity contribution in [3.63, 3.8) is 0 Å². The van der Waals surface area contributed by atoms with Gasteiger partial charge in [0.25, 0.3) is 5.91 Å². The smallest absolute Gasteiger partial charge is 0.270 e. The Morgan fingerprint density at radius 2 is 2.05 bits per heavy atom. The monoisotopic (exact) mass is 306 g/mol. The van der Waals surface area contributed by atoms with E-state index in [1.807, 2.05) is 0 Å².